The van der Waals surface area contributed by atoms with Crippen LogP contribution in [0.1, 0.15) is 5.56 Å². The number of aryl methyl sites for hydroxylation is 1. The number of benzene rings is 1. The van der Waals surface area contributed by atoms with Crippen LogP contribution in [0.5, 0.6) is 0 Å². The van der Waals surface area contributed by atoms with Gasteiger partial charge in [-0.05, 0) is 24.6 Å². The quantitative estimate of drug-likeness (QED) is 0.758. The van der Waals surface area contributed by atoms with Crippen LogP contribution in [-0.4, -0.2) is 15.2 Å². The Morgan fingerprint density at radius 1 is 1.11 bits per heavy atom. The molecule has 0 aliphatic rings. The van der Waals surface area contributed by atoms with Gasteiger partial charge in [0.05, 0.1) is 11.9 Å². The molecule has 0 aliphatic heterocycles. The van der Waals surface area contributed by atoms with Crippen LogP contribution in [0.3, 0.4) is 0 Å². The number of nitrogens with zero attached hydrogens (tertiary/aromatic N) is 2. The minimum absolute atomic E-state index is 0.250. The summed E-state index contributed by atoms with van der Waals surface area (Å²) in [4.78, 5) is 4.41. The van der Waals surface area contributed by atoms with E-state index in [4.69, 9.17) is 0 Å². The largest absolute Gasteiger partial charge is 0.285 e. The lowest BCUT2D eigenvalue weighted by atomic mass is 9.99. The molecule has 3 rings (SSSR count). The van der Waals surface area contributed by atoms with Crippen molar-refractivity contribution >= 4 is 0 Å². The van der Waals surface area contributed by atoms with Gasteiger partial charge in [0.2, 0.25) is 0 Å². The molecule has 1 N–H and O–H groups in total. The van der Waals surface area contributed by atoms with E-state index in [9.17, 15) is 4.39 Å². The summed E-state index contributed by atoms with van der Waals surface area (Å²) in [6, 6.07) is 8.65. The molecule has 4 heteroatoms. The highest BCUT2D eigenvalue weighted by Gasteiger charge is 2.13. The number of hydrogen-bond acceptors (Lipinski definition) is 2. The molecule has 0 radical (unpaired) electrons. The van der Waals surface area contributed by atoms with Crippen molar-refractivity contribution < 1.29 is 4.39 Å². The van der Waals surface area contributed by atoms with Crippen LogP contribution < -0.4 is 0 Å². The predicted octanol–water partition coefficient (Wildman–Crippen LogP) is 3.59. The maximum Gasteiger partial charge on any atom is 0.131 e. The van der Waals surface area contributed by atoms with Gasteiger partial charge >= 0.3 is 0 Å². The average Bonchev–Trinajstić information content (AvgIpc) is 2.93. The minimum atomic E-state index is -0.250. The zero-order valence-corrected chi connectivity index (χ0v) is 10.4. The summed E-state index contributed by atoms with van der Waals surface area (Å²) < 4.78 is 14.0. The summed E-state index contributed by atoms with van der Waals surface area (Å²) in [6.07, 6.45) is 5.21. The van der Waals surface area contributed by atoms with Crippen LogP contribution in [0, 0.1) is 12.7 Å². The van der Waals surface area contributed by atoms with E-state index in [1.54, 1.807) is 30.7 Å². The number of aromatic amines is 1. The van der Waals surface area contributed by atoms with Crippen molar-refractivity contribution in [1.82, 2.24) is 15.2 Å². The first-order chi connectivity index (χ1) is 9.25. The van der Waals surface area contributed by atoms with Crippen molar-refractivity contribution in [3.63, 3.8) is 0 Å². The van der Waals surface area contributed by atoms with Crippen molar-refractivity contribution in [2.45, 2.75) is 6.92 Å². The summed E-state index contributed by atoms with van der Waals surface area (Å²) in [5.41, 5.74) is 3.89. The van der Waals surface area contributed by atoms with Crippen LogP contribution in [0.4, 0.5) is 4.39 Å². The van der Waals surface area contributed by atoms with Crippen molar-refractivity contribution in [3.05, 3.63) is 60.3 Å². The Bertz CT molecular complexity index is 705. The third kappa shape index (κ3) is 2.12. The molecular formula is C15H12FN3. The van der Waals surface area contributed by atoms with Gasteiger partial charge in [0.15, 0.2) is 0 Å². The lowest BCUT2D eigenvalue weighted by Gasteiger charge is -2.09. The maximum absolute atomic E-state index is 14.0. The fraction of sp³-hybridized carbons (Fsp3) is 0.0667. The second-order valence-corrected chi connectivity index (χ2v) is 4.38. The zero-order chi connectivity index (χ0) is 13.2. The van der Waals surface area contributed by atoms with Crippen LogP contribution in [0.2, 0.25) is 0 Å². The van der Waals surface area contributed by atoms with Gasteiger partial charge in [0, 0.05) is 29.1 Å². The molecule has 0 unspecified atom stereocenters. The summed E-state index contributed by atoms with van der Waals surface area (Å²) in [6.45, 7) is 1.94. The predicted molar refractivity (Wildman–Crippen MR) is 71.9 cm³/mol. The Morgan fingerprint density at radius 3 is 2.68 bits per heavy atom. The van der Waals surface area contributed by atoms with Gasteiger partial charge in [0.1, 0.15) is 5.82 Å². The topological polar surface area (TPSA) is 41.6 Å². The summed E-state index contributed by atoms with van der Waals surface area (Å²) in [7, 11) is 0. The number of aromatic nitrogens is 3. The highest BCUT2D eigenvalue weighted by atomic mass is 19.1. The molecule has 3 nitrogen and oxygen atoms in total. The molecule has 0 saturated heterocycles. The average molecular weight is 253 g/mol. The molecule has 1 aromatic carbocycles. The molecular weight excluding hydrogens is 241 g/mol. The Kier molecular flexibility index (Phi) is 2.83. The first-order valence-electron chi connectivity index (χ1n) is 5.96. The molecule has 0 spiro atoms. The molecule has 0 bridgehead atoms. The molecule has 19 heavy (non-hydrogen) atoms. The SMILES string of the molecule is Cc1cnc(-c2cn[nH]c2)c(-c2ccccc2F)c1. The number of nitrogens with one attached hydrogen (secondary N) is 1. The van der Waals surface area contributed by atoms with Crippen molar-refractivity contribution in [2.75, 3.05) is 0 Å². The number of rotatable bonds is 2. The van der Waals surface area contributed by atoms with E-state index in [1.807, 2.05) is 19.1 Å². The smallest absolute Gasteiger partial charge is 0.131 e. The number of halogens is 1. The van der Waals surface area contributed by atoms with E-state index in [1.165, 1.54) is 6.07 Å². The van der Waals surface area contributed by atoms with Crippen molar-refractivity contribution in [2.24, 2.45) is 0 Å². The Morgan fingerprint density at radius 2 is 1.95 bits per heavy atom. The van der Waals surface area contributed by atoms with E-state index in [2.05, 4.69) is 15.2 Å². The first-order valence-corrected chi connectivity index (χ1v) is 5.96. The summed E-state index contributed by atoms with van der Waals surface area (Å²) in [5.74, 6) is -0.250. The lowest BCUT2D eigenvalue weighted by molar-refractivity contribution is 0.631. The van der Waals surface area contributed by atoms with E-state index < -0.39 is 0 Å². The van der Waals surface area contributed by atoms with Gasteiger partial charge < -0.3 is 0 Å². The number of pyridine rings is 1. The van der Waals surface area contributed by atoms with Gasteiger partial charge in [-0.2, -0.15) is 5.10 Å². The fourth-order valence-corrected chi connectivity index (χ4v) is 2.06. The highest BCUT2D eigenvalue weighted by Crippen LogP contribution is 2.31. The van der Waals surface area contributed by atoms with Gasteiger partial charge in [-0.1, -0.05) is 18.2 Å². The normalized spacial score (nSPS) is 10.6. The first kappa shape index (κ1) is 11.6. The van der Waals surface area contributed by atoms with E-state index in [0.29, 0.717) is 5.56 Å². The number of H-pyrrole nitrogens is 1. The second kappa shape index (κ2) is 4.65. The minimum Gasteiger partial charge on any atom is -0.285 e. The third-order valence-electron chi connectivity index (χ3n) is 2.96. The third-order valence-corrected chi connectivity index (χ3v) is 2.96. The van der Waals surface area contributed by atoms with Crippen LogP contribution in [-0.2, 0) is 0 Å². The zero-order valence-electron chi connectivity index (χ0n) is 10.4. The molecule has 0 saturated carbocycles. The lowest BCUT2D eigenvalue weighted by Crippen LogP contribution is -1.92. The van der Waals surface area contributed by atoms with Crippen LogP contribution in [0.15, 0.2) is 48.9 Å². The standard InChI is InChI=1S/C15H12FN3/c1-10-6-13(12-4-2-3-5-14(12)16)15(17-7-10)11-8-18-19-9-11/h2-9H,1H3,(H,18,19). The molecule has 0 atom stereocenters. The van der Waals surface area contributed by atoms with Gasteiger partial charge in [-0.3, -0.25) is 10.1 Å². The van der Waals surface area contributed by atoms with E-state index in [0.717, 1.165) is 22.4 Å². The molecule has 0 fully saturated rings. The van der Waals surface area contributed by atoms with Crippen molar-refractivity contribution in [3.8, 4) is 22.4 Å². The van der Waals surface area contributed by atoms with Crippen LogP contribution >= 0.6 is 0 Å². The fourth-order valence-electron chi connectivity index (χ4n) is 2.06. The molecule has 0 amide bonds. The Labute approximate surface area is 110 Å². The molecule has 2 aromatic heterocycles. The molecule has 94 valence electrons. The van der Waals surface area contributed by atoms with Gasteiger partial charge in [-0.25, -0.2) is 4.39 Å². The number of hydrogen-bond donors (Lipinski definition) is 1. The van der Waals surface area contributed by atoms with Gasteiger partial charge in [-0.15, -0.1) is 0 Å². The van der Waals surface area contributed by atoms with Gasteiger partial charge in [0.25, 0.3) is 0 Å². The molecule has 0 aliphatic carbocycles. The second-order valence-electron chi connectivity index (χ2n) is 4.38. The van der Waals surface area contributed by atoms with Crippen LogP contribution in [0.25, 0.3) is 22.4 Å². The monoisotopic (exact) mass is 253 g/mol. The molecule has 3 aromatic rings. The Hall–Kier alpha value is -2.49. The van der Waals surface area contributed by atoms with E-state index in [-0.39, 0.29) is 5.82 Å². The van der Waals surface area contributed by atoms with E-state index >= 15 is 0 Å². The molecule has 2 heterocycles. The summed E-state index contributed by atoms with van der Waals surface area (Å²) in [5, 5.41) is 6.67. The maximum atomic E-state index is 14.0. The van der Waals surface area contributed by atoms with Crippen molar-refractivity contribution in [1.29, 1.82) is 0 Å². The Balaban J connectivity index is 2.26. The summed E-state index contributed by atoms with van der Waals surface area (Å²) >= 11 is 0. The highest BCUT2D eigenvalue weighted by molar-refractivity contribution is 5.80.